The van der Waals surface area contributed by atoms with Crippen molar-refractivity contribution in [1.29, 1.82) is 5.26 Å². The third-order valence-corrected chi connectivity index (χ3v) is 3.05. The first-order valence-corrected chi connectivity index (χ1v) is 3.99. The topological polar surface area (TPSA) is 44.0 Å². The minimum atomic E-state index is -1.04. The third-order valence-electron chi connectivity index (χ3n) is 1.72. The van der Waals surface area contributed by atoms with Gasteiger partial charge in [0.25, 0.3) is 0 Å². The number of thioether (sulfide) groups is 1. The molecule has 1 N–H and O–H groups in total. The predicted molar refractivity (Wildman–Crippen MR) is 37.1 cm³/mol. The summed E-state index contributed by atoms with van der Waals surface area (Å²) < 4.78 is 0. The molecule has 1 fully saturated rings. The second-order valence-corrected chi connectivity index (χ2v) is 3.75. The standard InChI is InChI=1S/C6H9NOS/c1-5-6(8,4-7)2-3-9-5/h5,8H,2-3H2,1H3/t5-,6-/m1/s1. The Bertz CT molecular complexity index is 154. The van der Waals surface area contributed by atoms with Gasteiger partial charge in [0.2, 0.25) is 0 Å². The van der Waals surface area contributed by atoms with Crippen LogP contribution in [-0.2, 0) is 0 Å². The largest absolute Gasteiger partial charge is 0.374 e. The van der Waals surface area contributed by atoms with Crippen molar-refractivity contribution in [3.8, 4) is 6.07 Å². The Labute approximate surface area is 58.9 Å². The van der Waals surface area contributed by atoms with Gasteiger partial charge in [0.15, 0.2) is 5.60 Å². The highest BCUT2D eigenvalue weighted by Crippen LogP contribution is 2.34. The summed E-state index contributed by atoms with van der Waals surface area (Å²) in [6.07, 6.45) is 0.620. The highest BCUT2D eigenvalue weighted by Gasteiger charge is 2.38. The molecule has 0 aromatic carbocycles. The Hall–Kier alpha value is -0.200. The number of rotatable bonds is 0. The summed E-state index contributed by atoms with van der Waals surface area (Å²) in [5, 5.41) is 18.0. The summed E-state index contributed by atoms with van der Waals surface area (Å²) in [6, 6.07) is 1.92. The highest BCUT2D eigenvalue weighted by molar-refractivity contribution is 8.00. The molecule has 0 aromatic heterocycles. The van der Waals surface area contributed by atoms with E-state index in [0.29, 0.717) is 6.42 Å². The number of hydrogen-bond donors (Lipinski definition) is 1. The molecule has 1 rings (SSSR count). The highest BCUT2D eigenvalue weighted by atomic mass is 32.2. The van der Waals surface area contributed by atoms with Gasteiger partial charge in [-0.3, -0.25) is 0 Å². The van der Waals surface area contributed by atoms with Crippen molar-refractivity contribution in [2.75, 3.05) is 5.75 Å². The molecule has 0 amide bonds. The van der Waals surface area contributed by atoms with E-state index in [1.165, 1.54) is 0 Å². The predicted octanol–water partition coefficient (Wildman–Crippen LogP) is 0.766. The normalized spacial score (nSPS) is 42.6. The van der Waals surface area contributed by atoms with Gasteiger partial charge in [-0.1, -0.05) is 0 Å². The molecular formula is C6H9NOS. The number of nitrogens with zero attached hydrogens (tertiary/aromatic N) is 1. The molecular weight excluding hydrogens is 134 g/mol. The number of hydrogen-bond acceptors (Lipinski definition) is 3. The molecule has 0 aliphatic carbocycles. The summed E-state index contributed by atoms with van der Waals surface area (Å²) in [6.45, 7) is 1.89. The molecule has 2 atom stereocenters. The fourth-order valence-corrected chi connectivity index (χ4v) is 2.11. The smallest absolute Gasteiger partial charge is 0.163 e. The summed E-state index contributed by atoms with van der Waals surface area (Å²) in [5.74, 6) is 0.908. The summed E-state index contributed by atoms with van der Waals surface area (Å²) in [4.78, 5) is 0. The number of nitriles is 1. The van der Waals surface area contributed by atoms with Gasteiger partial charge in [0.05, 0.1) is 6.07 Å². The molecule has 1 saturated heterocycles. The lowest BCUT2D eigenvalue weighted by Gasteiger charge is -2.16. The van der Waals surface area contributed by atoms with Gasteiger partial charge in [0.1, 0.15) is 0 Å². The molecule has 50 valence electrons. The molecule has 1 aliphatic heterocycles. The van der Waals surface area contributed by atoms with Gasteiger partial charge < -0.3 is 5.11 Å². The van der Waals surface area contributed by atoms with Crippen molar-refractivity contribution in [2.24, 2.45) is 0 Å². The van der Waals surface area contributed by atoms with Crippen LogP contribution >= 0.6 is 11.8 Å². The lowest BCUT2D eigenvalue weighted by atomic mass is 10.0. The van der Waals surface area contributed by atoms with Gasteiger partial charge >= 0.3 is 0 Å². The molecule has 0 saturated carbocycles. The average Bonchev–Trinajstić information content (AvgIpc) is 2.15. The molecule has 0 bridgehead atoms. The van der Waals surface area contributed by atoms with E-state index in [0.717, 1.165) is 5.75 Å². The van der Waals surface area contributed by atoms with Gasteiger partial charge in [-0.2, -0.15) is 17.0 Å². The van der Waals surface area contributed by atoms with E-state index in [1.54, 1.807) is 11.8 Å². The second-order valence-electron chi connectivity index (χ2n) is 2.30. The molecule has 9 heavy (non-hydrogen) atoms. The summed E-state index contributed by atoms with van der Waals surface area (Å²) >= 11 is 1.66. The van der Waals surface area contributed by atoms with Gasteiger partial charge in [-0.25, -0.2) is 0 Å². The van der Waals surface area contributed by atoms with E-state index in [-0.39, 0.29) is 5.25 Å². The molecule has 1 aliphatic rings. The maximum Gasteiger partial charge on any atom is 0.163 e. The van der Waals surface area contributed by atoms with Crippen LogP contribution in [0, 0.1) is 11.3 Å². The van der Waals surface area contributed by atoms with Crippen molar-refractivity contribution < 1.29 is 5.11 Å². The lowest BCUT2D eigenvalue weighted by Crippen LogP contribution is -2.31. The van der Waals surface area contributed by atoms with Crippen molar-refractivity contribution in [2.45, 2.75) is 24.2 Å². The van der Waals surface area contributed by atoms with Gasteiger partial charge in [0, 0.05) is 5.25 Å². The van der Waals surface area contributed by atoms with Crippen LogP contribution < -0.4 is 0 Å². The average molecular weight is 143 g/mol. The van der Waals surface area contributed by atoms with E-state index >= 15 is 0 Å². The quantitative estimate of drug-likeness (QED) is 0.509. The minimum Gasteiger partial charge on any atom is -0.374 e. The van der Waals surface area contributed by atoms with Crippen LogP contribution in [0.1, 0.15) is 13.3 Å². The van der Waals surface area contributed by atoms with E-state index in [4.69, 9.17) is 5.26 Å². The second kappa shape index (κ2) is 2.20. The first-order valence-electron chi connectivity index (χ1n) is 2.94. The fourth-order valence-electron chi connectivity index (χ4n) is 0.879. The van der Waals surface area contributed by atoms with Crippen LogP contribution in [0.3, 0.4) is 0 Å². The zero-order valence-electron chi connectivity index (χ0n) is 5.29. The first-order chi connectivity index (χ1) is 4.19. The third kappa shape index (κ3) is 1.05. The van der Waals surface area contributed by atoms with Crippen LogP contribution in [-0.4, -0.2) is 21.7 Å². The first kappa shape index (κ1) is 6.91. The zero-order valence-corrected chi connectivity index (χ0v) is 6.11. The Morgan fingerprint density at radius 1 is 1.89 bits per heavy atom. The van der Waals surface area contributed by atoms with Crippen molar-refractivity contribution in [3.63, 3.8) is 0 Å². The molecule has 3 heteroatoms. The monoisotopic (exact) mass is 143 g/mol. The van der Waals surface area contributed by atoms with E-state index in [1.807, 2.05) is 13.0 Å². The maximum atomic E-state index is 9.39. The molecule has 1 heterocycles. The fraction of sp³-hybridized carbons (Fsp3) is 0.833. The molecule has 2 nitrogen and oxygen atoms in total. The minimum absolute atomic E-state index is 0.0856. The molecule has 0 spiro atoms. The summed E-state index contributed by atoms with van der Waals surface area (Å²) in [7, 11) is 0. The van der Waals surface area contributed by atoms with Crippen LogP contribution in [0.4, 0.5) is 0 Å². The Kier molecular flexibility index (Phi) is 1.69. The van der Waals surface area contributed by atoms with Crippen LogP contribution in [0.2, 0.25) is 0 Å². The van der Waals surface area contributed by atoms with Crippen LogP contribution in [0.5, 0.6) is 0 Å². The summed E-state index contributed by atoms with van der Waals surface area (Å²) in [5.41, 5.74) is -1.04. The van der Waals surface area contributed by atoms with Crippen LogP contribution in [0.15, 0.2) is 0 Å². The SMILES string of the molecule is C[C@H]1SCC[C@@]1(O)C#N. The molecule has 0 unspecified atom stereocenters. The van der Waals surface area contributed by atoms with Crippen molar-refractivity contribution in [1.82, 2.24) is 0 Å². The molecule has 0 aromatic rings. The Morgan fingerprint density at radius 2 is 2.56 bits per heavy atom. The van der Waals surface area contributed by atoms with Crippen molar-refractivity contribution >= 4 is 11.8 Å². The molecule has 0 radical (unpaired) electrons. The van der Waals surface area contributed by atoms with Gasteiger partial charge in [-0.15, -0.1) is 0 Å². The van der Waals surface area contributed by atoms with Crippen LogP contribution in [0.25, 0.3) is 0 Å². The Balaban J connectivity index is 2.70. The van der Waals surface area contributed by atoms with E-state index < -0.39 is 5.60 Å². The van der Waals surface area contributed by atoms with E-state index in [2.05, 4.69) is 0 Å². The van der Waals surface area contributed by atoms with E-state index in [9.17, 15) is 5.11 Å². The Morgan fingerprint density at radius 3 is 2.78 bits per heavy atom. The zero-order chi connectivity index (χ0) is 6.91. The van der Waals surface area contributed by atoms with Gasteiger partial charge in [-0.05, 0) is 19.1 Å². The lowest BCUT2D eigenvalue weighted by molar-refractivity contribution is 0.105. The maximum absolute atomic E-state index is 9.39. The van der Waals surface area contributed by atoms with Crippen molar-refractivity contribution in [3.05, 3.63) is 0 Å². The number of aliphatic hydroxyl groups is 1.